The normalized spacial score (nSPS) is 11.5. The van der Waals surface area contributed by atoms with Gasteiger partial charge in [-0.05, 0) is 61.9 Å². The van der Waals surface area contributed by atoms with Crippen LogP contribution in [0.1, 0.15) is 17.1 Å². The zero-order valence-corrected chi connectivity index (χ0v) is 18.9. The second kappa shape index (κ2) is 9.47. The maximum Gasteiger partial charge on any atom is 0.263 e. The lowest BCUT2D eigenvalue weighted by atomic mass is 10.2. The van der Waals surface area contributed by atoms with E-state index in [1.165, 1.54) is 30.3 Å². The van der Waals surface area contributed by atoms with Crippen molar-refractivity contribution in [3.8, 4) is 0 Å². The molecule has 3 rings (SSSR count). The van der Waals surface area contributed by atoms with E-state index in [9.17, 15) is 13.2 Å². The molecule has 0 aliphatic rings. The van der Waals surface area contributed by atoms with Gasteiger partial charge in [-0.25, -0.2) is 18.4 Å². The molecule has 10 heteroatoms. The van der Waals surface area contributed by atoms with Crippen LogP contribution in [0.15, 0.2) is 59.5 Å². The smallest absolute Gasteiger partial charge is 0.263 e. The maximum atomic E-state index is 12.6. The van der Waals surface area contributed by atoms with Gasteiger partial charge in [-0.3, -0.25) is 9.52 Å². The van der Waals surface area contributed by atoms with Crippen molar-refractivity contribution in [2.45, 2.75) is 18.7 Å². The lowest BCUT2D eigenvalue weighted by Crippen LogP contribution is -2.15. The number of sulfonamides is 1. The van der Waals surface area contributed by atoms with Crippen LogP contribution in [0.2, 0.25) is 10.0 Å². The number of amides is 1. The molecule has 0 aliphatic heterocycles. The number of anilines is 2. The third-order valence-electron chi connectivity index (χ3n) is 4.01. The van der Waals surface area contributed by atoms with Gasteiger partial charge in [-0.1, -0.05) is 29.3 Å². The summed E-state index contributed by atoms with van der Waals surface area (Å²) in [6, 6.07) is 12.2. The molecule has 2 N–H and O–H groups in total. The third-order valence-corrected chi connectivity index (χ3v) is 5.95. The predicted octanol–water partition coefficient (Wildman–Crippen LogP) is 4.85. The van der Waals surface area contributed by atoms with Crippen molar-refractivity contribution >= 4 is 56.7 Å². The number of aryl methyl sites for hydroxylation is 2. The zero-order valence-electron chi connectivity index (χ0n) is 16.6. The standard InChI is InChI=1S/C21H18Cl2N4O3S/c1-13-11-20(25-14(2)24-13)27-31(29,30)18-8-6-17(7-9-18)26-21(28)10-4-15-3-5-16(22)12-19(15)23/h3-12H,1-2H3,(H,26,28)(H,24,25,27)/b10-4+. The number of carbonyl (C=O) groups is 1. The second-order valence-corrected chi connectivity index (χ2v) is 9.09. The number of hydrogen-bond acceptors (Lipinski definition) is 5. The summed E-state index contributed by atoms with van der Waals surface area (Å²) in [5.41, 5.74) is 1.73. The van der Waals surface area contributed by atoms with Crippen LogP contribution < -0.4 is 10.0 Å². The molecule has 2 aromatic carbocycles. The summed E-state index contributed by atoms with van der Waals surface area (Å²) >= 11 is 11.9. The molecular weight excluding hydrogens is 459 g/mol. The first-order valence-corrected chi connectivity index (χ1v) is 11.3. The summed E-state index contributed by atoms with van der Waals surface area (Å²) in [6.45, 7) is 3.43. The van der Waals surface area contributed by atoms with E-state index in [4.69, 9.17) is 23.2 Å². The van der Waals surface area contributed by atoms with Crippen molar-refractivity contribution in [2.75, 3.05) is 10.0 Å². The van der Waals surface area contributed by atoms with Crippen LogP contribution in [0.3, 0.4) is 0 Å². The Hall–Kier alpha value is -2.94. The lowest BCUT2D eigenvalue weighted by molar-refractivity contribution is -0.111. The fourth-order valence-corrected chi connectivity index (χ4v) is 4.13. The summed E-state index contributed by atoms with van der Waals surface area (Å²) in [4.78, 5) is 20.4. The van der Waals surface area contributed by atoms with E-state index < -0.39 is 15.9 Å². The Kier molecular flexibility index (Phi) is 6.94. The van der Waals surface area contributed by atoms with Gasteiger partial charge in [0.2, 0.25) is 5.91 Å². The molecule has 0 saturated carbocycles. The summed E-state index contributed by atoms with van der Waals surface area (Å²) in [5.74, 6) is 0.253. The average Bonchev–Trinajstić information content (AvgIpc) is 2.66. The van der Waals surface area contributed by atoms with Gasteiger partial charge >= 0.3 is 0 Å². The Bertz CT molecular complexity index is 1240. The van der Waals surface area contributed by atoms with Crippen LogP contribution in [0.4, 0.5) is 11.5 Å². The minimum Gasteiger partial charge on any atom is -0.323 e. The maximum absolute atomic E-state index is 12.6. The van der Waals surface area contributed by atoms with Crippen molar-refractivity contribution in [1.29, 1.82) is 0 Å². The van der Waals surface area contributed by atoms with Gasteiger partial charge in [0.05, 0.1) is 4.90 Å². The van der Waals surface area contributed by atoms with Crippen LogP contribution in [0, 0.1) is 13.8 Å². The Balaban J connectivity index is 1.67. The third kappa shape index (κ3) is 6.27. The quantitative estimate of drug-likeness (QED) is 0.494. The molecule has 0 aliphatic carbocycles. The Morgan fingerprint density at radius 3 is 2.35 bits per heavy atom. The molecule has 31 heavy (non-hydrogen) atoms. The first-order chi connectivity index (χ1) is 14.6. The van der Waals surface area contributed by atoms with Crippen molar-refractivity contribution in [2.24, 2.45) is 0 Å². The highest BCUT2D eigenvalue weighted by atomic mass is 35.5. The summed E-state index contributed by atoms with van der Waals surface area (Å²) < 4.78 is 27.6. The van der Waals surface area contributed by atoms with Crippen LogP contribution in [0.25, 0.3) is 6.08 Å². The van der Waals surface area contributed by atoms with E-state index >= 15 is 0 Å². The van der Waals surface area contributed by atoms with E-state index in [1.54, 1.807) is 44.2 Å². The number of carbonyl (C=O) groups excluding carboxylic acids is 1. The van der Waals surface area contributed by atoms with Crippen LogP contribution in [-0.2, 0) is 14.8 Å². The van der Waals surface area contributed by atoms with Gasteiger partial charge in [0.1, 0.15) is 11.6 Å². The van der Waals surface area contributed by atoms with Crippen molar-refractivity contribution < 1.29 is 13.2 Å². The SMILES string of the molecule is Cc1cc(NS(=O)(=O)c2ccc(NC(=O)/C=C/c3ccc(Cl)cc3Cl)cc2)nc(C)n1. The molecule has 0 saturated heterocycles. The van der Waals surface area contributed by atoms with E-state index in [-0.39, 0.29) is 10.7 Å². The van der Waals surface area contributed by atoms with Crippen molar-refractivity contribution in [1.82, 2.24) is 9.97 Å². The Morgan fingerprint density at radius 2 is 1.71 bits per heavy atom. The molecule has 160 valence electrons. The summed E-state index contributed by atoms with van der Waals surface area (Å²) in [5, 5.41) is 3.58. The molecule has 0 fully saturated rings. The number of nitrogens with one attached hydrogen (secondary N) is 2. The zero-order chi connectivity index (χ0) is 22.6. The van der Waals surface area contributed by atoms with Crippen molar-refractivity contribution in [3.05, 3.63) is 81.7 Å². The van der Waals surface area contributed by atoms with Crippen LogP contribution >= 0.6 is 23.2 Å². The molecule has 0 radical (unpaired) electrons. The minimum absolute atomic E-state index is 0.0305. The Labute approximate surface area is 190 Å². The largest absolute Gasteiger partial charge is 0.323 e. The second-order valence-electron chi connectivity index (χ2n) is 6.56. The Morgan fingerprint density at radius 1 is 1.00 bits per heavy atom. The summed E-state index contributed by atoms with van der Waals surface area (Å²) in [7, 11) is -3.84. The highest BCUT2D eigenvalue weighted by Crippen LogP contribution is 2.22. The highest BCUT2D eigenvalue weighted by molar-refractivity contribution is 7.92. The van der Waals surface area contributed by atoms with Crippen molar-refractivity contribution in [3.63, 3.8) is 0 Å². The number of aromatic nitrogens is 2. The van der Waals surface area contributed by atoms with E-state index in [0.717, 1.165) is 0 Å². The van der Waals surface area contributed by atoms with Crippen LogP contribution in [0.5, 0.6) is 0 Å². The summed E-state index contributed by atoms with van der Waals surface area (Å²) in [6.07, 6.45) is 2.88. The monoisotopic (exact) mass is 476 g/mol. The van der Waals surface area contributed by atoms with Gasteiger partial charge in [0.15, 0.2) is 0 Å². The van der Waals surface area contributed by atoms with Gasteiger partial charge < -0.3 is 5.32 Å². The molecule has 1 aromatic heterocycles. The average molecular weight is 477 g/mol. The molecule has 1 amide bonds. The predicted molar refractivity (Wildman–Crippen MR) is 123 cm³/mol. The molecule has 0 atom stereocenters. The van der Waals surface area contributed by atoms with Gasteiger partial charge in [-0.15, -0.1) is 0 Å². The number of rotatable bonds is 6. The first kappa shape index (κ1) is 22.7. The molecule has 0 unspecified atom stereocenters. The molecular formula is C21H18Cl2N4O3S. The number of benzene rings is 2. The van der Waals surface area contributed by atoms with Crippen LogP contribution in [-0.4, -0.2) is 24.3 Å². The fourth-order valence-electron chi connectivity index (χ4n) is 2.67. The van der Waals surface area contributed by atoms with Gasteiger partial charge in [0, 0.05) is 33.6 Å². The topological polar surface area (TPSA) is 101 Å². The number of nitrogens with zero attached hydrogens (tertiary/aromatic N) is 2. The van der Waals surface area contributed by atoms with Gasteiger partial charge in [-0.2, -0.15) is 0 Å². The van der Waals surface area contributed by atoms with E-state index in [2.05, 4.69) is 20.0 Å². The molecule has 1 heterocycles. The lowest BCUT2D eigenvalue weighted by Gasteiger charge is -2.09. The fraction of sp³-hybridized carbons (Fsp3) is 0.0952. The molecule has 0 bridgehead atoms. The van der Waals surface area contributed by atoms with E-state index in [1.807, 2.05) is 0 Å². The highest BCUT2D eigenvalue weighted by Gasteiger charge is 2.15. The van der Waals surface area contributed by atoms with E-state index in [0.29, 0.717) is 32.8 Å². The molecule has 0 spiro atoms. The molecule has 7 nitrogen and oxygen atoms in total. The number of halogens is 2. The van der Waals surface area contributed by atoms with Gasteiger partial charge in [0.25, 0.3) is 10.0 Å². The molecule has 3 aromatic rings. The first-order valence-electron chi connectivity index (χ1n) is 9.02. The number of hydrogen-bond donors (Lipinski definition) is 2. The minimum atomic E-state index is -3.84.